The molecule has 0 aliphatic rings. The van der Waals surface area contributed by atoms with Crippen LogP contribution in [0.5, 0.6) is 5.75 Å². The molecular formula is C16H14Cl2N2O2. The smallest absolute Gasteiger partial charge is 0.148 e. The van der Waals surface area contributed by atoms with Crippen LogP contribution in [-0.4, -0.2) is 21.3 Å². The fraction of sp³-hybridized carbons (Fsp3) is 0.188. The maximum atomic E-state index is 9.26. The molecule has 0 saturated carbocycles. The third kappa shape index (κ3) is 3.19. The molecule has 0 aliphatic heterocycles. The lowest BCUT2D eigenvalue weighted by Gasteiger charge is -2.09. The van der Waals surface area contributed by atoms with E-state index in [1.54, 1.807) is 30.3 Å². The van der Waals surface area contributed by atoms with E-state index in [2.05, 4.69) is 4.98 Å². The zero-order valence-corrected chi connectivity index (χ0v) is 13.2. The molecule has 0 amide bonds. The summed E-state index contributed by atoms with van der Waals surface area (Å²) in [6.07, 6.45) is 0. The maximum Gasteiger partial charge on any atom is 0.148 e. The van der Waals surface area contributed by atoms with Gasteiger partial charge in [0.25, 0.3) is 0 Å². The number of ether oxygens (including phenoxy) is 1. The number of hydrogen-bond acceptors (Lipinski definition) is 3. The Labute approximate surface area is 137 Å². The van der Waals surface area contributed by atoms with Gasteiger partial charge in [0.05, 0.1) is 17.6 Å². The van der Waals surface area contributed by atoms with E-state index in [9.17, 15) is 5.11 Å². The summed E-state index contributed by atoms with van der Waals surface area (Å²) in [6.45, 7) is 0.785. The van der Waals surface area contributed by atoms with Gasteiger partial charge in [-0.1, -0.05) is 23.2 Å². The molecule has 22 heavy (non-hydrogen) atoms. The zero-order chi connectivity index (χ0) is 15.5. The van der Waals surface area contributed by atoms with Gasteiger partial charge in [0.15, 0.2) is 0 Å². The van der Waals surface area contributed by atoms with Crippen LogP contribution in [0.1, 0.15) is 5.82 Å². The molecule has 0 radical (unpaired) electrons. The minimum atomic E-state index is 0.0298. The van der Waals surface area contributed by atoms with Gasteiger partial charge >= 0.3 is 0 Å². The van der Waals surface area contributed by atoms with Crippen molar-refractivity contribution >= 4 is 34.2 Å². The van der Waals surface area contributed by atoms with Gasteiger partial charge in [-0.2, -0.15) is 0 Å². The number of hydrogen-bond donors (Lipinski definition) is 1. The topological polar surface area (TPSA) is 47.3 Å². The SMILES string of the molecule is OCCn1c(COc2ccc(Cl)cc2)nc2cc(Cl)ccc21. The summed E-state index contributed by atoms with van der Waals surface area (Å²) >= 11 is 11.9. The number of aliphatic hydroxyl groups is 1. The number of aliphatic hydroxyl groups excluding tert-OH is 1. The van der Waals surface area contributed by atoms with Gasteiger partial charge in [-0.25, -0.2) is 4.98 Å². The average Bonchev–Trinajstić information content (AvgIpc) is 2.84. The molecule has 0 fully saturated rings. The van der Waals surface area contributed by atoms with Crippen molar-refractivity contribution in [2.45, 2.75) is 13.2 Å². The molecule has 1 heterocycles. The highest BCUT2D eigenvalue weighted by atomic mass is 35.5. The van der Waals surface area contributed by atoms with Crippen molar-refractivity contribution in [2.75, 3.05) is 6.61 Å². The Hall–Kier alpha value is -1.75. The highest BCUT2D eigenvalue weighted by Crippen LogP contribution is 2.22. The lowest BCUT2D eigenvalue weighted by Crippen LogP contribution is -2.09. The fourth-order valence-electron chi connectivity index (χ4n) is 2.29. The first-order valence-corrected chi connectivity index (χ1v) is 7.57. The van der Waals surface area contributed by atoms with Crippen molar-refractivity contribution in [3.63, 3.8) is 0 Å². The summed E-state index contributed by atoms with van der Waals surface area (Å²) in [4.78, 5) is 4.54. The molecule has 0 atom stereocenters. The van der Waals surface area contributed by atoms with Crippen molar-refractivity contribution in [3.05, 3.63) is 58.3 Å². The van der Waals surface area contributed by atoms with E-state index in [0.717, 1.165) is 16.9 Å². The first-order chi connectivity index (χ1) is 10.7. The summed E-state index contributed by atoms with van der Waals surface area (Å²) in [5, 5.41) is 10.6. The molecule has 0 spiro atoms. The van der Waals surface area contributed by atoms with Crippen LogP contribution in [0.4, 0.5) is 0 Å². The largest absolute Gasteiger partial charge is 0.486 e. The minimum absolute atomic E-state index is 0.0298. The lowest BCUT2D eigenvalue weighted by atomic mass is 10.3. The molecule has 1 N–H and O–H groups in total. The van der Waals surface area contributed by atoms with Gasteiger partial charge in [-0.3, -0.25) is 0 Å². The second kappa shape index (κ2) is 6.57. The van der Waals surface area contributed by atoms with Crippen LogP contribution in [0.15, 0.2) is 42.5 Å². The van der Waals surface area contributed by atoms with Crippen molar-refractivity contribution in [1.29, 1.82) is 0 Å². The number of nitrogens with zero attached hydrogens (tertiary/aromatic N) is 2. The van der Waals surface area contributed by atoms with Crippen LogP contribution in [0.2, 0.25) is 10.0 Å². The van der Waals surface area contributed by atoms with Crippen LogP contribution in [-0.2, 0) is 13.2 Å². The van der Waals surface area contributed by atoms with Crippen molar-refractivity contribution in [1.82, 2.24) is 9.55 Å². The van der Waals surface area contributed by atoms with E-state index in [4.69, 9.17) is 27.9 Å². The predicted molar refractivity (Wildman–Crippen MR) is 87.6 cm³/mol. The molecule has 0 saturated heterocycles. The number of aromatic nitrogens is 2. The summed E-state index contributed by atoms with van der Waals surface area (Å²) in [7, 11) is 0. The molecule has 0 aliphatic carbocycles. The fourth-order valence-corrected chi connectivity index (χ4v) is 2.58. The quantitative estimate of drug-likeness (QED) is 0.768. The van der Waals surface area contributed by atoms with Gasteiger partial charge < -0.3 is 14.4 Å². The van der Waals surface area contributed by atoms with Gasteiger partial charge in [-0.05, 0) is 42.5 Å². The second-order valence-electron chi connectivity index (χ2n) is 4.78. The summed E-state index contributed by atoms with van der Waals surface area (Å²) in [6, 6.07) is 12.7. The van der Waals surface area contributed by atoms with E-state index >= 15 is 0 Å². The Morgan fingerprint density at radius 2 is 1.77 bits per heavy atom. The molecule has 114 valence electrons. The molecular weight excluding hydrogens is 323 g/mol. The van der Waals surface area contributed by atoms with Crippen LogP contribution in [0.25, 0.3) is 11.0 Å². The highest BCUT2D eigenvalue weighted by Gasteiger charge is 2.11. The van der Waals surface area contributed by atoms with Crippen LogP contribution in [0.3, 0.4) is 0 Å². The second-order valence-corrected chi connectivity index (χ2v) is 5.65. The Bertz CT molecular complexity index is 785. The van der Waals surface area contributed by atoms with Crippen LogP contribution in [0, 0.1) is 0 Å². The number of halogens is 2. The Kier molecular flexibility index (Phi) is 4.52. The van der Waals surface area contributed by atoms with E-state index in [-0.39, 0.29) is 6.61 Å². The summed E-state index contributed by atoms with van der Waals surface area (Å²) < 4.78 is 7.67. The third-order valence-electron chi connectivity index (χ3n) is 3.29. The van der Waals surface area contributed by atoms with Gasteiger partial charge in [0.2, 0.25) is 0 Å². The van der Waals surface area contributed by atoms with Gasteiger partial charge in [0.1, 0.15) is 18.2 Å². The monoisotopic (exact) mass is 336 g/mol. The molecule has 6 heteroatoms. The van der Waals surface area contributed by atoms with Gasteiger partial charge in [-0.15, -0.1) is 0 Å². The molecule has 2 aromatic carbocycles. The number of fused-ring (bicyclic) bond motifs is 1. The molecule has 3 aromatic rings. The third-order valence-corrected chi connectivity index (χ3v) is 3.78. The Balaban J connectivity index is 1.88. The zero-order valence-electron chi connectivity index (χ0n) is 11.7. The number of benzene rings is 2. The Morgan fingerprint density at radius 1 is 1.05 bits per heavy atom. The first kappa shape index (κ1) is 15.2. The van der Waals surface area contributed by atoms with E-state index in [0.29, 0.717) is 28.9 Å². The van der Waals surface area contributed by atoms with Crippen molar-refractivity contribution in [3.8, 4) is 5.75 Å². The van der Waals surface area contributed by atoms with Crippen molar-refractivity contribution in [2.24, 2.45) is 0 Å². The average molecular weight is 337 g/mol. The van der Waals surface area contributed by atoms with E-state index in [1.165, 1.54) is 0 Å². The number of imidazole rings is 1. The molecule has 4 nitrogen and oxygen atoms in total. The highest BCUT2D eigenvalue weighted by molar-refractivity contribution is 6.31. The van der Waals surface area contributed by atoms with Crippen LogP contribution >= 0.6 is 23.2 Å². The predicted octanol–water partition coefficient (Wildman–Crippen LogP) is 3.91. The minimum Gasteiger partial charge on any atom is -0.486 e. The van der Waals surface area contributed by atoms with E-state index in [1.807, 2.05) is 16.7 Å². The summed E-state index contributed by atoms with van der Waals surface area (Å²) in [5.74, 6) is 1.45. The first-order valence-electron chi connectivity index (χ1n) is 6.81. The maximum absolute atomic E-state index is 9.26. The van der Waals surface area contributed by atoms with Crippen molar-refractivity contribution < 1.29 is 9.84 Å². The Morgan fingerprint density at radius 3 is 2.50 bits per heavy atom. The number of rotatable bonds is 5. The molecule has 0 unspecified atom stereocenters. The van der Waals surface area contributed by atoms with E-state index < -0.39 is 0 Å². The normalized spacial score (nSPS) is 11.0. The molecule has 1 aromatic heterocycles. The summed E-state index contributed by atoms with van der Waals surface area (Å²) in [5.41, 5.74) is 1.71. The molecule has 0 bridgehead atoms. The lowest BCUT2D eigenvalue weighted by molar-refractivity contribution is 0.260. The molecule has 3 rings (SSSR count). The standard InChI is InChI=1S/C16H14Cl2N2O2/c17-11-1-4-13(5-2-11)22-10-16-19-14-9-12(18)3-6-15(14)20(16)7-8-21/h1-6,9,21H,7-8,10H2. The van der Waals surface area contributed by atoms with Crippen LogP contribution < -0.4 is 4.74 Å². The van der Waals surface area contributed by atoms with Gasteiger partial charge in [0, 0.05) is 16.6 Å².